The Bertz CT molecular complexity index is 1120. The number of carbonyl (C=O) groups is 1. The summed E-state index contributed by atoms with van der Waals surface area (Å²) in [5.74, 6) is 1.61. The van der Waals surface area contributed by atoms with E-state index in [1.54, 1.807) is 19.1 Å². The highest BCUT2D eigenvalue weighted by Crippen LogP contribution is 2.32. The van der Waals surface area contributed by atoms with E-state index in [4.69, 9.17) is 4.74 Å². The standard InChI is InChI=1S/C26H33FN4O2S/c1-16(2)15-31-24(18(5)33-23-13-8-7-12-22(23)17(3)4)29-30-26(31)34-19(6)25(32)28-21-11-9-10-20(27)14-21/h7-14,16-19H,15H2,1-6H3,(H,28,32). The first kappa shape index (κ1) is 25.7. The predicted molar refractivity (Wildman–Crippen MR) is 135 cm³/mol. The number of rotatable bonds is 10. The Balaban J connectivity index is 1.79. The van der Waals surface area contributed by atoms with Gasteiger partial charge in [0.25, 0.3) is 0 Å². The van der Waals surface area contributed by atoms with Crippen molar-refractivity contribution in [2.45, 2.75) is 70.5 Å². The molecule has 182 valence electrons. The molecule has 3 aromatic rings. The number of benzene rings is 2. The number of aromatic nitrogens is 3. The molecule has 0 aliphatic carbocycles. The molecule has 6 nitrogen and oxygen atoms in total. The number of halogens is 1. The quantitative estimate of drug-likeness (QED) is 0.335. The van der Waals surface area contributed by atoms with Gasteiger partial charge in [-0.2, -0.15) is 0 Å². The highest BCUT2D eigenvalue weighted by molar-refractivity contribution is 8.00. The van der Waals surface area contributed by atoms with Crippen molar-refractivity contribution in [2.24, 2.45) is 5.92 Å². The molecule has 0 bridgehead atoms. The first-order valence-corrected chi connectivity index (χ1v) is 12.5. The number of thioether (sulfide) groups is 1. The summed E-state index contributed by atoms with van der Waals surface area (Å²) in [4.78, 5) is 12.7. The summed E-state index contributed by atoms with van der Waals surface area (Å²) in [6.45, 7) is 13.0. The summed E-state index contributed by atoms with van der Waals surface area (Å²) in [7, 11) is 0. The van der Waals surface area contributed by atoms with Crippen molar-refractivity contribution in [3.8, 4) is 5.75 Å². The normalized spacial score (nSPS) is 13.2. The van der Waals surface area contributed by atoms with Crippen LogP contribution in [0.1, 0.15) is 65.0 Å². The summed E-state index contributed by atoms with van der Waals surface area (Å²) in [6, 6.07) is 13.9. The maximum atomic E-state index is 13.5. The van der Waals surface area contributed by atoms with Crippen molar-refractivity contribution in [2.75, 3.05) is 5.32 Å². The molecule has 34 heavy (non-hydrogen) atoms. The van der Waals surface area contributed by atoms with E-state index in [0.29, 0.717) is 35.0 Å². The minimum Gasteiger partial charge on any atom is -0.482 e. The van der Waals surface area contributed by atoms with Crippen molar-refractivity contribution >= 4 is 23.4 Å². The van der Waals surface area contributed by atoms with Gasteiger partial charge in [0.15, 0.2) is 17.1 Å². The predicted octanol–water partition coefficient (Wildman–Crippen LogP) is 6.46. The van der Waals surface area contributed by atoms with Crippen LogP contribution in [0.5, 0.6) is 5.75 Å². The average Bonchev–Trinajstić information content (AvgIpc) is 3.15. The molecular weight excluding hydrogens is 451 g/mol. The second-order valence-electron chi connectivity index (χ2n) is 9.06. The van der Waals surface area contributed by atoms with Gasteiger partial charge in [0.2, 0.25) is 5.91 Å². The lowest BCUT2D eigenvalue weighted by molar-refractivity contribution is -0.115. The summed E-state index contributed by atoms with van der Waals surface area (Å²) >= 11 is 1.32. The first-order chi connectivity index (χ1) is 16.2. The number of para-hydroxylation sites is 1. The first-order valence-electron chi connectivity index (χ1n) is 11.6. The topological polar surface area (TPSA) is 69.0 Å². The van der Waals surface area contributed by atoms with Crippen LogP contribution in [0.4, 0.5) is 10.1 Å². The van der Waals surface area contributed by atoms with Crippen molar-refractivity contribution in [1.82, 2.24) is 14.8 Å². The smallest absolute Gasteiger partial charge is 0.237 e. The van der Waals surface area contributed by atoms with E-state index in [0.717, 1.165) is 11.3 Å². The van der Waals surface area contributed by atoms with Gasteiger partial charge in [-0.3, -0.25) is 4.79 Å². The molecule has 0 spiro atoms. The van der Waals surface area contributed by atoms with Crippen LogP contribution in [-0.2, 0) is 11.3 Å². The zero-order valence-corrected chi connectivity index (χ0v) is 21.4. The molecule has 0 saturated heterocycles. The van der Waals surface area contributed by atoms with Crippen LogP contribution in [-0.4, -0.2) is 25.9 Å². The molecule has 0 aliphatic heterocycles. The Labute approximate surface area is 205 Å². The van der Waals surface area contributed by atoms with Gasteiger partial charge in [-0.25, -0.2) is 4.39 Å². The summed E-state index contributed by atoms with van der Waals surface area (Å²) < 4.78 is 21.8. The molecule has 1 N–H and O–H groups in total. The minimum absolute atomic E-state index is 0.230. The second-order valence-corrected chi connectivity index (χ2v) is 10.4. The number of nitrogens with zero attached hydrogens (tertiary/aromatic N) is 3. The zero-order valence-electron chi connectivity index (χ0n) is 20.6. The van der Waals surface area contributed by atoms with Crippen LogP contribution in [0.3, 0.4) is 0 Å². The Morgan fingerprint density at radius 3 is 2.47 bits per heavy atom. The molecule has 3 rings (SSSR count). The van der Waals surface area contributed by atoms with Crippen molar-refractivity contribution < 1.29 is 13.9 Å². The van der Waals surface area contributed by atoms with Gasteiger partial charge in [0.1, 0.15) is 11.6 Å². The maximum absolute atomic E-state index is 13.5. The monoisotopic (exact) mass is 484 g/mol. The number of ether oxygens (including phenoxy) is 1. The van der Waals surface area contributed by atoms with Gasteiger partial charge >= 0.3 is 0 Å². The molecular formula is C26H33FN4O2S. The average molecular weight is 485 g/mol. The van der Waals surface area contributed by atoms with Crippen LogP contribution < -0.4 is 10.1 Å². The highest BCUT2D eigenvalue weighted by Gasteiger charge is 2.24. The second kappa shape index (κ2) is 11.5. The largest absolute Gasteiger partial charge is 0.482 e. The highest BCUT2D eigenvalue weighted by atomic mass is 32.2. The number of anilines is 1. The third-order valence-electron chi connectivity index (χ3n) is 5.25. The molecule has 2 unspecified atom stereocenters. The van der Waals surface area contributed by atoms with Gasteiger partial charge in [0.05, 0.1) is 5.25 Å². The molecule has 2 atom stereocenters. The number of amides is 1. The fraction of sp³-hybridized carbons (Fsp3) is 0.423. The maximum Gasteiger partial charge on any atom is 0.237 e. The molecule has 1 amide bonds. The van der Waals surface area contributed by atoms with Crippen LogP contribution >= 0.6 is 11.8 Å². The lowest BCUT2D eigenvalue weighted by atomic mass is 10.0. The van der Waals surface area contributed by atoms with Crippen molar-refractivity contribution in [3.63, 3.8) is 0 Å². The van der Waals surface area contributed by atoms with E-state index in [-0.39, 0.29) is 12.0 Å². The Morgan fingerprint density at radius 1 is 1.06 bits per heavy atom. The van der Waals surface area contributed by atoms with E-state index in [1.807, 2.05) is 29.7 Å². The lowest BCUT2D eigenvalue weighted by Gasteiger charge is -2.20. The number of nitrogens with one attached hydrogen (secondary N) is 1. The van der Waals surface area contributed by atoms with Crippen LogP contribution in [0, 0.1) is 11.7 Å². The summed E-state index contributed by atoms with van der Waals surface area (Å²) in [5, 5.41) is 11.8. The van der Waals surface area contributed by atoms with Crippen molar-refractivity contribution in [1.29, 1.82) is 0 Å². The lowest BCUT2D eigenvalue weighted by Crippen LogP contribution is -2.23. The van der Waals surface area contributed by atoms with Gasteiger partial charge in [0, 0.05) is 12.2 Å². The molecule has 0 fully saturated rings. The van der Waals surface area contributed by atoms with Gasteiger partial charge in [-0.05, 0) is 55.5 Å². The summed E-state index contributed by atoms with van der Waals surface area (Å²) in [5.41, 5.74) is 1.56. The molecule has 0 aliphatic rings. The van der Waals surface area contributed by atoms with Gasteiger partial charge < -0.3 is 14.6 Å². The third kappa shape index (κ3) is 6.59. The number of carbonyl (C=O) groups excluding carboxylic acids is 1. The molecule has 0 radical (unpaired) electrons. The van der Waals surface area contributed by atoms with E-state index in [9.17, 15) is 9.18 Å². The SMILES string of the molecule is CC(C)Cn1c(SC(C)C(=O)Nc2cccc(F)c2)nnc1C(C)Oc1ccccc1C(C)C. The molecule has 1 heterocycles. The molecule has 2 aromatic carbocycles. The zero-order chi connectivity index (χ0) is 24.8. The Morgan fingerprint density at radius 2 is 1.79 bits per heavy atom. The molecule has 8 heteroatoms. The minimum atomic E-state index is -0.455. The van der Waals surface area contributed by atoms with E-state index < -0.39 is 11.1 Å². The van der Waals surface area contributed by atoms with Gasteiger partial charge in [-0.1, -0.05) is 63.7 Å². The Hall–Kier alpha value is -2.87. The summed E-state index contributed by atoms with van der Waals surface area (Å²) in [6.07, 6.45) is -0.322. The van der Waals surface area contributed by atoms with E-state index >= 15 is 0 Å². The fourth-order valence-electron chi connectivity index (χ4n) is 3.55. The van der Waals surface area contributed by atoms with Crippen LogP contribution in [0.2, 0.25) is 0 Å². The number of hydrogen-bond donors (Lipinski definition) is 1. The van der Waals surface area contributed by atoms with Crippen LogP contribution in [0.25, 0.3) is 0 Å². The van der Waals surface area contributed by atoms with Crippen LogP contribution in [0.15, 0.2) is 53.7 Å². The Kier molecular flexibility index (Phi) is 8.72. The van der Waals surface area contributed by atoms with E-state index in [1.165, 1.54) is 23.9 Å². The molecule has 0 saturated carbocycles. The van der Waals surface area contributed by atoms with Crippen molar-refractivity contribution in [3.05, 3.63) is 65.7 Å². The van der Waals surface area contributed by atoms with E-state index in [2.05, 4.69) is 49.3 Å². The molecule has 1 aromatic heterocycles. The third-order valence-corrected chi connectivity index (χ3v) is 6.33. The fourth-order valence-corrected chi connectivity index (χ4v) is 4.42. The number of hydrogen-bond acceptors (Lipinski definition) is 5. The van der Waals surface area contributed by atoms with Gasteiger partial charge in [-0.15, -0.1) is 10.2 Å².